The second-order valence-corrected chi connectivity index (χ2v) is 5.24. The summed E-state index contributed by atoms with van der Waals surface area (Å²) in [7, 11) is 0. The number of nitrogens with two attached hydrogens (primary N) is 1. The summed E-state index contributed by atoms with van der Waals surface area (Å²) in [6.45, 7) is 2.76. The largest absolute Gasteiger partial charge is 0.486 e. The molecule has 0 bridgehead atoms. The maximum Gasteiger partial charge on any atom is 0.267 e. The number of benzene rings is 1. The van der Waals surface area contributed by atoms with Gasteiger partial charge in [-0.2, -0.15) is 0 Å². The SMILES string of the molecule is Cc1[nH][nH]c(=O)c1[C@@H](CC(N)=O)c1ccc2c(c1)OCCO2. The van der Waals surface area contributed by atoms with E-state index in [1.54, 1.807) is 19.1 Å². The summed E-state index contributed by atoms with van der Waals surface area (Å²) in [4.78, 5) is 23.5. The fourth-order valence-electron chi connectivity index (χ4n) is 2.74. The Morgan fingerprint density at radius 2 is 2.00 bits per heavy atom. The van der Waals surface area contributed by atoms with Gasteiger partial charge in [-0.3, -0.25) is 14.7 Å². The monoisotopic (exact) mass is 303 g/mol. The van der Waals surface area contributed by atoms with E-state index in [0.717, 1.165) is 5.56 Å². The van der Waals surface area contributed by atoms with Crippen LogP contribution in [0, 0.1) is 6.92 Å². The highest BCUT2D eigenvalue weighted by atomic mass is 16.6. The normalized spacial score (nSPS) is 14.6. The third-order valence-electron chi connectivity index (χ3n) is 3.73. The maximum atomic E-state index is 12.0. The molecule has 2 heterocycles. The van der Waals surface area contributed by atoms with Gasteiger partial charge in [0.15, 0.2) is 11.5 Å². The lowest BCUT2D eigenvalue weighted by molar-refractivity contribution is -0.118. The Hall–Kier alpha value is -2.70. The molecule has 2 aromatic rings. The number of hydrogen-bond acceptors (Lipinski definition) is 4. The molecule has 116 valence electrons. The topological polar surface area (TPSA) is 110 Å². The summed E-state index contributed by atoms with van der Waals surface area (Å²) in [6, 6.07) is 5.41. The number of aryl methyl sites for hydroxylation is 1. The zero-order valence-electron chi connectivity index (χ0n) is 12.1. The molecule has 1 aromatic carbocycles. The minimum absolute atomic E-state index is 0.0431. The lowest BCUT2D eigenvalue weighted by Crippen LogP contribution is -2.21. The van der Waals surface area contributed by atoms with Crippen molar-refractivity contribution in [2.24, 2.45) is 5.73 Å². The molecule has 0 radical (unpaired) electrons. The van der Waals surface area contributed by atoms with Crippen molar-refractivity contribution in [1.29, 1.82) is 0 Å². The Balaban J connectivity index is 2.06. The zero-order chi connectivity index (χ0) is 15.7. The van der Waals surface area contributed by atoms with Crippen molar-refractivity contribution >= 4 is 5.91 Å². The summed E-state index contributed by atoms with van der Waals surface area (Å²) < 4.78 is 11.0. The van der Waals surface area contributed by atoms with Crippen LogP contribution in [0.2, 0.25) is 0 Å². The molecule has 7 nitrogen and oxygen atoms in total. The first-order chi connectivity index (χ1) is 10.6. The van der Waals surface area contributed by atoms with Crippen LogP contribution in [0.3, 0.4) is 0 Å². The highest BCUT2D eigenvalue weighted by molar-refractivity contribution is 5.75. The lowest BCUT2D eigenvalue weighted by Gasteiger charge is -2.21. The molecule has 22 heavy (non-hydrogen) atoms. The van der Waals surface area contributed by atoms with E-state index >= 15 is 0 Å². The molecule has 1 aliphatic rings. The Morgan fingerprint density at radius 3 is 2.64 bits per heavy atom. The first kappa shape index (κ1) is 14.2. The first-order valence-electron chi connectivity index (χ1n) is 7.01. The quantitative estimate of drug-likeness (QED) is 0.775. The first-order valence-corrected chi connectivity index (χ1v) is 7.01. The standard InChI is InChI=1S/C15H17N3O4/c1-8-14(15(20)18-17-8)10(7-13(16)19)9-2-3-11-12(6-9)22-5-4-21-11/h2-3,6,10H,4-5,7H2,1H3,(H2,16,19)(H2,17,18,20)/t10-/m0/s1. The Kier molecular flexibility index (Phi) is 3.62. The average Bonchev–Trinajstić information content (AvgIpc) is 2.83. The van der Waals surface area contributed by atoms with Gasteiger partial charge >= 0.3 is 0 Å². The third-order valence-corrected chi connectivity index (χ3v) is 3.73. The van der Waals surface area contributed by atoms with E-state index in [1.165, 1.54) is 0 Å². The number of carbonyl (C=O) groups is 1. The van der Waals surface area contributed by atoms with Gasteiger partial charge in [-0.1, -0.05) is 6.07 Å². The molecule has 3 rings (SSSR count). The number of hydrogen-bond donors (Lipinski definition) is 3. The molecule has 4 N–H and O–H groups in total. The van der Waals surface area contributed by atoms with E-state index in [1.807, 2.05) is 6.07 Å². The van der Waals surface area contributed by atoms with Gasteiger partial charge in [0, 0.05) is 23.6 Å². The van der Waals surface area contributed by atoms with Gasteiger partial charge in [-0.15, -0.1) is 0 Å². The number of primary amides is 1. The molecule has 1 amide bonds. The van der Waals surface area contributed by atoms with Crippen LogP contribution in [0.15, 0.2) is 23.0 Å². The molecule has 0 fully saturated rings. The predicted octanol–water partition coefficient (Wildman–Crippen LogP) is 0.790. The summed E-state index contributed by atoms with van der Waals surface area (Å²) in [5, 5.41) is 5.31. The number of H-pyrrole nitrogens is 2. The van der Waals surface area contributed by atoms with Crippen LogP contribution in [-0.2, 0) is 4.79 Å². The number of nitrogens with one attached hydrogen (secondary N) is 2. The molecule has 1 aromatic heterocycles. The summed E-state index contributed by atoms with van der Waals surface area (Å²) in [6.07, 6.45) is 0.0431. The van der Waals surface area contributed by atoms with Crippen LogP contribution < -0.4 is 20.8 Å². The number of fused-ring (bicyclic) bond motifs is 1. The van der Waals surface area contributed by atoms with Gasteiger partial charge in [-0.05, 0) is 24.6 Å². The number of ether oxygens (including phenoxy) is 2. The molecule has 0 unspecified atom stereocenters. The predicted molar refractivity (Wildman–Crippen MR) is 79.2 cm³/mol. The maximum absolute atomic E-state index is 12.0. The van der Waals surface area contributed by atoms with Crippen LogP contribution in [0.25, 0.3) is 0 Å². The van der Waals surface area contributed by atoms with Crippen molar-refractivity contribution in [3.63, 3.8) is 0 Å². The number of aromatic nitrogens is 2. The molecular weight excluding hydrogens is 286 g/mol. The lowest BCUT2D eigenvalue weighted by atomic mass is 9.88. The molecule has 0 aliphatic carbocycles. The molecule has 1 atom stereocenters. The summed E-state index contributed by atoms with van der Waals surface area (Å²) in [5.41, 5.74) is 7.09. The number of aromatic amines is 2. The Morgan fingerprint density at radius 1 is 1.27 bits per heavy atom. The smallest absolute Gasteiger partial charge is 0.267 e. The van der Waals surface area contributed by atoms with Crippen LogP contribution in [-0.4, -0.2) is 29.3 Å². The fraction of sp³-hybridized carbons (Fsp3) is 0.333. The van der Waals surface area contributed by atoms with Gasteiger partial charge in [-0.25, -0.2) is 0 Å². The third kappa shape index (κ3) is 2.57. The minimum atomic E-state index is -0.472. The van der Waals surface area contributed by atoms with Crippen molar-refractivity contribution in [2.45, 2.75) is 19.3 Å². The highest BCUT2D eigenvalue weighted by Crippen LogP contribution is 2.36. The van der Waals surface area contributed by atoms with Crippen LogP contribution >= 0.6 is 0 Å². The van der Waals surface area contributed by atoms with Crippen molar-refractivity contribution in [1.82, 2.24) is 10.2 Å². The van der Waals surface area contributed by atoms with Crippen molar-refractivity contribution < 1.29 is 14.3 Å². The minimum Gasteiger partial charge on any atom is -0.486 e. The van der Waals surface area contributed by atoms with E-state index in [-0.39, 0.29) is 12.0 Å². The fourth-order valence-corrected chi connectivity index (χ4v) is 2.74. The van der Waals surface area contributed by atoms with E-state index < -0.39 is 11.8 Å². The highest BCUT2D eigenvalue weighted by Gasteiger charge is 2.25. The molecule has 0 spiro atoms. The van der Waals surface area contributed by atoms with Gasteiger partial charge < -0.3 is 20.3 Å². The van der Waals surface area contributed by atoms with Crippen molar-refractivity contribution in [2.75, 3.05) is 13.2 Å². The van der Waals surface area contributed by atoms with E-state index in [2.05, 4.69) is 10.2 Å². The van der Waals surface area contributed by atoms with Gasteiger partial charge in [0.25, 0.3) is 5.56 Å². The average molecular weight is 303 g/mol. The second kappa shape index (κ2) is 5.59. The Bertz CT molecular complexity index is 762. The van der Waals surface area contributed by atoms with E-state index in [4.69, 9.17) is 15.2 Å². The zero-order valence-corrected chi connectivity index (χ0v) is 12.1. The summed E-state index contributed by atoms with van der Waals surface area (Å²) in [5.74, 6) is 0.374. The number of amides is 1. The number of carbonyl (C=O) groups excluding carboxylic acids is 1. The molecule has 7 heteroatoms. The second-order valence-electron chi connectivity index (χ2n) is 5.24. The van der Waals surface area contributed by atoms with Crippen molar-refractivity contribution in [3.8, 4) is 11.5 Å². The molecule has 0 saturated heterocycles. The summed E-state index contributed by atoms with van der Waals surface area (Å²) >= 11 is 0. The van der Waals surface area contributed by atoms with Gasteiger partial charge in [0.2, 0.25) is 5.91 Å². The van der Waals surface area contributed by atoms with E-state index in [0.29, 0.717) is 36.0 Å². The van der Waals surface area contributed by atoms with Gasteiger partial charge in [0.1, 0.15) is 13.2 Å². The van der Waals surface area contributed by atoms with Crippen LogP contribution in [0.4, 0.5) is 0 Å². The Labute approximate surface area is 126 Å². The number of rotatable bonds is 4. The van der Waals surface area contributed by atoms with Crippen molar-refractivity contribution in [3.05, 3.63) is 45.4 Å². The molecule has 0 saturated carbocycles. The molecular formula is C15H17N3O4. The van der Waals surface area contributed by atoms with Crippen LogP contribution in [0.1, 0.15) is 29.2 Å². The van der Waals surface area contributed by atoms with Gasteiger partial charge in [0.05, 0.1) is 0 Å². The van der Waals surface area contributed by atoms with E-state index in [9.17, 15) is 9.59 Å². The van der Waals surface area contributed by atoms with Crippen LogP contribution in [0.5, 0.6) is 11.5 Å². The molecule has 1 aliphatic heterocycles.